The van der Waals surface area contributed by atoms with Gasteiger partial charge in [-0.1, -0.05) is 24.3 Å². The van der Waals surface area contributed by atoms with Gasteiger partial charge in [-0.25, -0.2) is 0 Å². The molecular formula is C20H12S4. The first-order chi connectivity index (χ1) is 11.6. The van der Waals surface area contributed by atoms with Gasteiger partial charge in [0.1, 0.15) is 0 Å². The highest BCUT2D eigenvalue weighted by Crippen LogP contribution is 2.45. The van der Waals surface area contributed by atoms with E-state index in [4.69, 9.17) is 0 Å². The Kier molecular flexibility index (Phi) is 3.24. The van der Waals surface area contributed by atoms with E-state index in [2.05, 4.69) is 99.0 Å². The molecule has 0 aliphatic carbocycles. The lowest BCUT2D eigenvalue weighted by atomic mass is 9.90. The molecular weight excluding hydrogens is 368 g/mol. The van der Waals surface area contributed by atoms with E-state index in [1.54, 1.807) is 0 Å². The molecule has 5 aromatic rings. The molecule has 0 N–H and O–H groups in total. The van der Waals surface area contributed by atoms with Gasteiger partial charge in [-0.2, -0.15) is 0 Å². The zero-order valence-corrected chi connectivity index (χ0v) is 16.0. The van der Waals surface area contributed by atoms with Crippen molar-refractivity contribution in [2.45, 2.75) is 19.6 Å². The normalized spacial score (nSPS) is 12.2. The molecule has 0 atom stereocenters. The van der Waals surface area contributed by atoms with Crippen molar-refractivity contribution >= 4 is 93.6 Å². The number of rotatable bonds is 0. The van der Waals surface area contributed by atoms with E-state index >= 15 is 0 Å². The fraction of sp³-hybridized carbons (Fsp3) is 0. The number of hydrogen-bond acceptors (Lipinski definition) is 4. The van der Waals surface area contributed by atoms with Crippen LogP contribution >= 0.6 is 50.5 Å². The Morgan fingerprint density at radius 2 is 0.583 bits per heavy atom. The quantitative estimate of drug-likeness (QED) is 0.125. The summed E-state index contributed by atoms with van der Waals surface area (Å²) in [6, 6.07) is 16.8. The van der Waals surface area contributed by atoms with Crippen molar-refractivity contribution in [3.63, 3.8) is 0 Å². The minimum atomic E-state index is 0.955. The second-order valence-corrected chi connectivity index (χ2v) is 7.96. The summed E-state index contributed by atoms with van der Waals surface area (Å²) in [7, 11) is 0. The first-order valence-corrected chi connectivity index (χ1v) is 9.33. The highest BCUT2D eigenvalue weighted by molar-refractivity contribution is 7.82. The van der Waals surface area contributed by atoms with Gasteiger partial charge in [0.2, 0.25) is 0 Å². The second kappa shape index (κ2) is 5.15. The lowest BCUT2D eigenvalue weighted by Gasteiger charge is -2.17. The van der Waals surface area contributed by atoms with Crippen LogP contribution in [0, 0.1) is 0 Å². The molecule has 0 aromatic heterocycles. The Morgan fingerprint density at radius 1 is 0.333 bits per heavy atom. The van der Waals surface area contributed by atoms with E-state index in [-0.39, 0.29) is 0 Å². The summed E-state index contributed by atoms with van der Waals surface area (Å²) in [5.41, 5.74) is 0. The van der Waals surface area contributed by atoms with E-state index in [0.29, 0.717) is 0 Å². The topological polar surface area (TPSA) is 0 Å². The van der Waals surface area contributed by atoms with Crippen molar-refractivity contribution in [3.8, 4) is 0 Å². The highest BCUT2D eigenvalue weighted by Gasteiger charge is 2.17. The summed E-state index contributed by atoms with van der Waals surface area (Å²) in [5, 5.41) is 9.56. The van der Waals surface area contributed by atoms with Crippen molar-refractivity contribution in [2.24, 2.45) is 0 Å². The third-order valence-electron chi connectivity index (χ3n) is 4.81. The molecule has 5 aromatic carbocycles. The molecule has 0 bridgehead atoms. The minimum Gasteiger partial charge on any atom is -0.143 e. The summed E-state index contributed by atoms with van der Waals surface area (Å²) in [6.45, 7) is 0. The van der Waals surface area contributed by atoms with Gasteiger partial charge in [0, 0.05) is 30.4 Å². The van der Waals surface area contributed by atoms with Crippen LogP contribution in [0.15, 0.2) is 68.1 Å². The molecule has 0 saturated carbocycles. The molecule has 0 saturated heterocycles. The van der Waals surface area contributed by atoms with Crippen LogP contribution in [-0.2, 0) is 0 Å². The Bertz CT molecular complexity index is 1090. The summed E-state index contributed by atoms with van der Waals surface area (Å²) in [4.78, 5) is 3.82. The molecule has 0 amide bonds. The average Bonchev–Trinajstić information content (AvgIpc) is 2.57. The van der Waals surface area contributed by atoms with E-state index in [1.807, 2.05) is 0 Å². The van der Waals surface area contributed by atoms with Gasteiger partial charge in [0.15, 0.2) is 0 Å². The summed E-state index contributed by atoms with van der Waals surface area (Å²) in [5.74, 6) is 0. The third kappa shape index (κ3) is 1.83. The summed E-state index contributed by atoms with van der Waals surface area (Å²) < 4.78 is 0. The predicted octanol–water partition coefficient (Wildman–Crippen LogP) is 6.89. The van der Waals surface area contributed by atoms with Crippen LogP contribution in [0.1, 0.15) is 0 Å². The Labute approximate surface area is 161 Å². The molecule has 0 nitrogen and oxygen atoms in total. The Balaban J connectivity index is 2.26. The van der Waals surface area contributed by atoms with E-state index < -0.39 is 0 Å². The van der Waals surface area contributed by atoms with Crippen molar-refractivity contribution < 1.29 is 0 Å². The number of hydrogen-bond donors (Lipinski definition) is 4. The molecule has 0 spiro atoms. The molecule has 0 radical (unpaired) electrons. The lowest BCUT2D eigenvalue weighted by molar-refractivity contribution is 1.47. The smallest absolute Gasteiger partial charge is 0.0130 e. The first kappa shape index (κ1) is 15.1. The number of fused-ring (bicyclic) bond motifs is 2. The standard InChI is InChI=1S/C20H12S4/c21-13-5-1-9-10-2-6-15(23)20-16(24)8-4-12(18(10)20)11-3-7-14(22)19(13)17(9)11/h1-8,21-24H. The molecule has 0 aliphatic rings. The van der Waals surface area contributed by atoms with Crippen molar-refractivity contribution in [1.29, 1.82) is 0 Å². The van der Waals surface area contributed by atoms with Crippen LogP contribution in [-0.4, -0.2) is 0 Å². The maximum atomic E-state index is 4.67. The van der Waals surface area contributed by atoms with Crippen molar-refractivity contribution in [1.82, 2.24) is 0 Å². The van der Waals surface area contributed by atoms with E-state index in [0.717, 1.165) is 30.4 Å². The van der Waals surface area contributed by atoms with Crippen LogP contribution in [0.3, 0.4) is 0 Å². The zero-order chi connectivity index (χ0) is 16.6. The molecule has 4 heteroatoms. The molecule has 0 heterocycles. The summed E-state index contributed by atoms with van der Waals surface area (Å²) >= 11 is 18.7. The minimum absolute atomic E-state index is 0.955. The number of benzene rings is 5. The molecule has 5 rings (SSSR count). The average molecular weight is 381 g/mol. The monoisotopic (exact) mass is 380 g/mol. The van der Waals surface area contributed by atoms with Crippen LogP contribution in [0.5, 0.6) is 0 Å². The molecule has 24 heavy (non-hydrogen) atoms. The predicted molar refractivity (Wildman–Crippen MR) is 117 cm³/mol. The van der Waals surface area contributed by atoms with E-state index in [1.165, 1.54) is 32.3 Å². The van der Waals surface area contributed by atoms with Gasteiger partial charge in [0.25, 0.3) is 0 Å². The molecule has 0 aliphatic heterocycles. The third-order valence-corrected chi connectivity index (χ3v) is 6.30. The van der Waals surface area contributed by atoms with Gasteiger partial charge in [-0.05, 0) is 56.6 Å². The fourth-order valence-corrected chi connectivity index (χ4v) is 5.22. The largest absolute Gasteiger partial charge is 0.143 e. The molecule has 116 valence electrons. The number of thiol groups is 4. The Hall–Kier alpha value is -1.20. The van der Waals surface area contributed by atoms with Crippen LogP contribution < -0.4 is 0 Å². The maximum Gasteiger partial charge on any atom is 0.0130 e. The summed E-state index contributed by atoms with van der Waals surface area (Å²) in [6.07, 6.45) is 0. The van der Waals surface area contributed by atoms with E-state index in [9.17, 15) is 0 Å². The van der Waals surface area contributed by atoms with Crippen LogP contribution in [0.2, 0.25) is 0 Å². The molecule has 0 unspecified atom stereocenters. The Morgan fingerprint density at radius 3 is 0.833 bits per heavy atom. The van der Waals surface area contributed by atoms with Crippen molar-refractivity contribution in [3.05, 3.63) is 48.5 Å². The second-order valence-electron chi connectivity index (χ2n) is 6.03. The van der Waals surface area contributed by atoms with Gasteiger partial charge in [-0.15, -0.1) is 50.5 Å². The van der Waals surface area contributed by atoms with Crippen molar-refractivity contribution in [2.75, 3.05) is 0 Å². The maximum absolute atomic E-state index is 4.67. The van der Waals surface area contributed by atoms with Crippen LogP contribution in [0.25, 0.3) is 43.1 Å². The van der Waals surface area contributed by atoms with Gasteiger partial charge in [0.05, 0.1) is 0 Å². The fourth-order valence-electron chi connectivity index (χ4n) is 3.82. The van der Waals surface area contributed by atoms with Gasteiger partial charge < -0.3 is 0 Å². The SMILES string of the molecule is Sc1ccc2c3ccc(S)c4c(S)ccc(c5ccc(S)c1c25)c43. The highest BCUT2D eigenvalue weighted by atomic mass is 32.1. The molecule has 0 fully saturated rings. The van der Waals surface area contributed by atoms with Gasteiger partial charge in [-0.3, -0.25) is 0 Å². The zero-order valence-electron chi connectivity index (χ0n) is 12.4. The first-order valence-electron chi connectivity index (χ1n) is 7.54. The lowest BCUT2D eigenvalue weighted by Crippen LogP contribution is -1.90. The van der Waals surface area contributed by atoms with Gasteiger partial charge >= 0.3 is 0 Å². The van der Waals surface area contributed by atoms with Crippen LogP contribution in [0.4, 0.5) is 0 Å².